The van der Waals surface area contributed by atoms with Gasteiger partial charge in [-0.1, -0.05) is 31.9 Å². The lowest BCUT2D eigenvalue weighted by Gasteiger charge is -2.27. The second-order valence-electron chi connectivity index (χ2n) is 8.20. The number of likely N-dealkylation sites (tertiary alicyclic amines) is 1. The fourth-order valence-corrected chi connectivity index (χ4v) is 3.15. The Balaban J connectivity index is 2.18. The molecule has 148 valence electrons. The first-order valence-corrected chi connectivity index (χ1v) is 9.55. The van der Waals surface area contributed by atoms with E-state index in [4.69, 9.17) is 4.42 Å². The Morgan fingerprint density at radius 2 is 2.00 bits per heavy atom. The van der Waals surface area contributed by atoms with E-state index >= 15 is 0 Å². The summed E-state index contributed by atoms with van der Waals surface area (Å²) < 4.78 is 5.31. The summed E-state index contributed by atoms with van der Waals surface area (Å²) in [6, 6.07) is 2.53. The molecular formula is C21H30N2O4. The number of nitrogens with one attached hydrogen (secondary N) is 1. The number of aryl methyl sites for hydroxylation is 1. The topological polar surface area (TPSA) is 79.6 Å². The van der Waals surface area contributed by atoms with Gasteiger partial charge in [0.2, 0.25) is 5.91 Å². The van der Waals surface area contributed by atoms with Crippen LogP contribution in [-0.4, -0.2) is 34.8 Å². The standard InChI is InChI=1S/C21H30N2O4/c1-6-7-8-9-15-10-11-16(20(26)27-15)19(25)23-13-14(2)12-17(23)18(24)22-21(3,4)5/h10-11,17H,2,6-9,12-13H2,1,3-5H3,(H,22,24)/t17-/m0/s1. The zero-order valence-electron chi connectivity index (χ0n) is 16.8. The van der Waals surface area contributed by atoms with Crippen molar-refractivity contribution in [2.45, 2.75) is 71.4 Å². The van der Waals surface area contributed by atoms with E-state index in [0.717, 1.165) is 24.8 Å². The van der Waals surface area contributed by atoms with Crippen LogP contribution in [0.25, 0.3) is 0 Å². The maximum absolute atomic E-state index is 12.9. The minimum atomic E-state index is -0.659. The molecule has 0 saturated carbocycles. The zero-order valence-corrected chi connectivity index (χ0v) is 16.8. The highest BCUT2D eigenvalue weighted by atomic mass is 16.4. The number of hydrogen-bond acceptors (Lipinski definition) is 4. The molecule has 0 aromatic carbocycles. The molecule has 0 spiro atoms. The molecule has 1 saturated heterocycles. The molecule has 2 rings (SSSR count). The van der Waals surface area contributed by atoms with Gasteiger partial charge >= 0.3 is 5.63 Å². The van der Waals surface area contributed by atoms with Gasteiger partial charge in [0.05, 0.1) is 0 Å². The minimum absolute atomic E-state index is 0.0440. The van der Waals surface area contributed by atoms with Crippen molar-refractivity contribution in [2.75, 3.05) is 6.54 Å². The fourth-order valence-electron chi connectivity index (χ4n) is 3.15. The Morgan fingerprint density at radius 1 is 1.30 bits per heavy atom. The third-order valence-corrected chi connectivity index (χ3v) is 4.45. The van der Waals surface area contributed by atoms with Crippen molar-refractivity contribution in [1.29, 1.82) is 0 Å². The predicted molar refractivity (Wildman–Crippen MR) is 105 cm³/mol. The van der Waals surface area contributed by atoms with Crippen LogP contribution < -0.4 is 10.9 Å². The number of carbonyl (C=O) groups excluding carboxylic acids is 2. The first-order chi connectivity index (χ1) is 12.6. The van der Waals surface area contributed by atoms with Crippen LogP contribution in [-0.2, 0) is 11.2 Å². The molecule has 6 heteroatoms. The molecule has 0 bridgehead atoms. The average Bonchev–Trinajstić information content (AvgIpc) is 2.95. The molecule has 1 aliphatic rings. The van der Waals surface area contributed by atoms with Crippen molar-refractivity contribution >= 4 is 11.8 Å². The summed E-state index contributed by atoms with van der Waals surface area (Å²) in [5.74, 6) is -0.149. The SMILES string of the molecule is C=C1C[C@@H](C(=O)NC(C)(C)C)N(C(=O)c2ccc(CCCCC)oc2=O)C1. The summed E-state index contributed by atoms with van der Waals surface area (Å²) in [6.45, 7) is 11.9. The van der Waals surface area contributed by atoms with E-state index in [0.29, 0.717) is 18.6 Å². The van der Waals surface area contributed by atoms with E-state index in [-0.39, 0.29) is 18.0 Å². The van der Waals surface area contributed by atoms with Gasteiger partial charge in [-0.25, -0.2) is 4.79 Å². The van der Waals surface area contributed by atoms with E-state index in [1.165, 1.54) is 11.0 Å². The fraction of sp³-hybridized carbons (Fsp3) is 0.571. The maximum atomic E-state index is 12.9. The Labute approximate surface area is 160 Å². The molecule has 6 nitrogen and oxygen atoms in total. The van der Waals surface area contributed by atoms with Crippen LogP contribution in [0.4, 0.5) is 0 Å². The Bertz CT molecular complexity index is 773. The molecule has 1 aromatic rings. The van der Waals surface area contributed by atoms with Crippen molar-refractivity contribution in [3.63, 3.8) is 0 Å². The highest BCUT2D eigenvalue weighted by Gasteiger charge is 2.38. The molecule has 1 fully saturated rings. The number of unbranched alkanes of at least 4 members (excludes halogenated alkanes) is 2. The zero-order chi connectivity index (χ0) is 20.2. The Morgan fingerprint density at radius 3 is 2.59 bits per heavy atom. The van der Waals surface area contributed by atoms with Gasteiger partial charge in [0.1, 0.15) is 17.4 Å². The molecule has 1 aromatic heterocycles. The molecular weight excluding hydrogens is 344 g/mol. The van der Waals surface area contributed by atoms with Crippen LogP contribution in [0.2, 0.25) is 0 Å². The average molecular weight is 374 g/mol. The van der Waals surface area contributed by atoms with Gasteiger partial charge in [-0.3, -0.25) is 9.59 Å². The number of hydrogen-bond donors (Lipinski definition) is 1. The summed E-state index contributed by atoms with van der Waals surface area (Å²) in [7, 11) is 0. The van der Waals surface area contributed by atoms with Gasteiger partial charge in [-0.2, -0.15) is 0 Å². The van der Waals surface area contributed by atoms with E-state index in [2.05, 4.69) is 18.8 Å². The number of rotatable bonds is 6. The first-order valence-electron chi connectivity index (χ1n) is 9.55. The maximum Gasteiger partial charge on any atom is 0.348 e. The van der Waals surface area contributed by atoms with Gasteiger partial charge in [-0.05, 0) is 45.7 Å². The van der Waals surface area contributed by atoms with Crippen molar-refractivity contribution in [3.05, 3.63) is 46.0 Å². The van der Waals surface area contributed by atoms with Crippen LogP contribution in [0.5, 0.6) is 0 Å². The lowest BCUT2D eigenvalue weighted by atomic mass is 10.1. The van der Waals surface area contributed by atoms with E-state index in [1.807, 2.05) is 20.8 Å². The van der Waals surface area contributed by atoms with Crippen molar-refractivity contribution in [2.24, 2.45) is 0 Å². The largest absolute Gasteiger partial charge is 0.427 e. The molecule has 2 amide bonds. The normalized spacial score (nSPS) is 17.3. The van der Waals surface area contributed by atoms with Gasteiger partial charge in [0.25, 0.3) is 5.91 Å². The van der Waals surface area contributed by atoms with E-state index in [9.17, 15) is 14.4 Å². The van der Waals surface area contributed by atoms with E-state index in [1.54, 1.807) is 6.07 Å². The summed E-state index contributed by atoms with van der Waals surface area (Å²) in [5.41, 5.74) is -0.313. The summed E-state index contributed by atoms with van der Waals surface area (Å²) in [4.78, 5) is 39.2. The molecule has 1 aliphatic heterocycles. The molecule has 1 N–H and O–H groups in total. The Hall–Kier alpha value is -2.37. The first kappa shape index (κ1) is 20.9. The van der Waals surface area contributed by atoms with Gasteiger partial charge < -0.3 is 14.6 Å². The van der Waals surface area contributed by atoms with Crippen LogP contribution in [0.1, 0.15) is 69.5 Å². The molecule has 0 aliphatic carbocycles. The van der Waals surface area contributed by atoms with Crippen LogP contribution in [0, 0.1) is 0 Å². The second kappa shape index (κ2) is 8.55. The molecule has 0 radical (unpaired) electrons. The monoisotopic (exact) mass is 374 g/mol. The highest BCUT2D eigenvalue weighted by Crippen LogP contribution is 2.24. The van der Waals surface area contributed by atoms with Crippen molar-refractivity contribution < 1.29 is 14.0 Å². The van der Waals surface area contributed by atoms with Crippen molar-refractivity contribution in [1.82, 2.24) is 10.2 Å². The third-order valence-electron chi connectivity index (χ3n) is 4.45. The van der Waals surface area contributed by atoms with Gasteiger partial charge in [-0.15, -0.1) is 0 Å². The lowest BCUT2D eigenvalue weighted by molar-refractivity contribution is -0.126. The summed E-state index contributed by atoms with van der Waals surface area (Å²) in [6.07, 6.45) is 4.15. The Kier molecular flexibility index (Phi) is 6.63. The molecule has 1 atom stereocenters. The summed E-state index contributed by atoms with van der Waals surface area (Å²) in [5, 5.41) is 2.89. The molecule has 0 unspecified atom stereocenters. The van der Waals surface area contributed by atoms with Gasteiger partial charge in [0, 0.05) is 18.5 Å². The van der Waals surface area contributed by atoms with Crippen LogP contribution >= 0.6 is 0 Å². The van der Waals surface area contributed by atoms with Crippen molar-refractivity contribution in [3.8, 4) is 0 Å². The number of amides is 2. The van der Waals surface area contributed by atoms with Crippen LogP contribution in [0.3, 0.4) is 0 Å². The lowest BCUT2D eigenvalue weighted by Crippen LogP contribution is -2.51. The smallest absolute Gasteiger partial charge is 0.348 e. The van der Waals surface area contributed by atoms with Crippen LogP contribution in [0.15, 0.2) is 33.5 Å². The summed E-state index contributed by atoms with van der Waals surface area (Å²) >= 11 is 0. The second-order valence-corrected chi connectivity index (χ2v) is 8.20. The highest BCUT2D eigenvalue weighted by molar-refractivity contribution is 5.98. The molecule has 2 heterocycles. The van der Waals surface area contributed by atoms with E-state index < -0.39 is 23.1 Å². The third kappa shape index (κ3) is 5.55. The minimum Gasteiger partial charge on any atom is -0.427 e. The number of nitrogens with zero attached hydrogens (tertiary/aromatic N) is 1. The quantitative estimate of drug-likeness (QED) is 0.613. The number of carbonyl (C=O) groups is 2. The van der Waals surface area contributed by atoms with Gasteiger partial charge in [0.15, 0.2) is 0 Å². The predicted octanol–water partition coefficient (Wildman–Crippen LogP) is 3.06. The molecule has 27 heavy (non-hydrogen) atoms.